The maximum atomic E-state index is 15.6. The summed E-state index contributed by atoms with van der Waals surface area (Å²) >= 11 is 0. The predicted molar refractivity (Wildman–Crippen MR) is 291 cm³/mol. The lowest BCUT2D eigenvalue weighted by molar-refractivity contribution is 0.583. The van der Waals surface area contributed by atoms with Gasteiger partial charge in [-0.3, -0.25) is 0 Å². The van der Waals surface area contributed by atoms with Crippen molar-refractivity contribution in [3.8, 4) is 22.3 Å². The minimum Gasteiger partial charge on any atom is -0.310 e. The van der Waals surface area contributed by atoms with E-state index in [0.29, 0.717) is 44.3 Å². The van der Waals surface area contributed by atoms with Gasteiger partial charge >= 0.3 is 0 Å². The molecule has 0 radical (unpaired) electrons. The Balaban J connectivity index is 1.02. The zero-order valence-corrected chi connectivity index (χ0v) is 39.1. The largest absolute Gasteiger partial charge is 0.310 e. The molecule has 13 rings (SSSR count). The Bertz CT molecular complexity index is 4050. The van der Waals surface area contributed by atoms with Gasteiger partial charge in [-0.1, -0.05) is 109 Å². The SMILES string of the molecule is Fc1cc(F)cc(N(c2ccc(-c3ccccc3)cc2)c2ccc3c(c2)c2cc(F)ccc2c2cc4c5ccc(N(c6ccc(-c7ccccc7)cc6)c6cc(F)cc(F)c6)cc5c5cc(F)ccc5c4cc32)c1. The van der Waals surface area contributed by atoms with Crippen LogP contribution in [0.1, 0.15) is 0 Å². The summed E-state index contributed by atoms with van der Waals surface area (Å²) in [7, 11) is 0. The molecular weight excluding hydrogens is 935 g/mol. The maximum Gasteiger partial charge on any atom is 0.128 e. The Morgan fingerprint density at radius 1 is 0.176 bits per heavy atom. The van der Waals surface area contributed by atoms with Gasteiger partial charge in [0.05, 0.1) is 11.4 Å². The van der Waals surface area contributed by atoms with Crippen LogP contribution in [-0.2, 0) is 0 Å². The topological polar surface area (TPSA) is 6.48 Å². The summed E-state index contributed by atoms with van der Waals surface area (Å²) in [6.07, 6.45) is 0. The molecule has 13 aromatic rings. The van der Waals surface area contributed by atoms with E-state index in [1.54, 1.807) is 21.9 Å². The van der Waals surface area contributed by atoms with Gasteiger partial charge in [-0.25, -0.2) is 26.3 Å². The summed E-state index contributed by atoms with van der Waals surface area (Å²) in [6.45, 7) is 0. The van der Waals surface area contributed by atoms with Crippen LogP contribution < -0.4 is 9.80 Å². The maximum absolute atomic E-state index is 15.6. The molecule has 0 aromatic heterocycles. The molecule has 0 bridgehead atoms. The Hall–Kier alpha value is -9.40. The van der Waals surface area contributed by atoms with Crippen LogP contribution in [0.15, 0.2) is 231 Å². The summed E-state index contributed by atoms with van der Waals surface area (Å²) in [5.74, 6) is -3.81. The van der Waals surface area contributed by atoms with Gasteiger partial charge in [0.15, 0.2) is 0 Å². The Kier molecular flexibility index (Phi) is 10.7. The van der Waals surface area contributed by atoms with Crippen molar-refractivity contribution in [1.82, 2.24) is 0 Å². The van der Waals surface area contributed by atoms with Crippen LogP contribution in [0.3, 0.4) is 0 Å². The third kappa shape index (κ3) is 7.79. The van der Waals surface area contributed by atoms with E-state index < -0.39 is 34.9 Å². The van der Waals surface area contributed by atoms with E-state index in [1.807, 2.05) is 146 Å². The fourth-order valence-electron chi connectivity index (χ4n) is 10.8. The van der Waals surface area contributed by atoms with Gasteiger partial charge in [-0.05, 0) is 196 Å². The van der Waals surface area contributed by atoms with Crippen LogP contribution >= 0.6 is 0 Å². The highest BCUT2D eigenvalue weighted by Gasteiger charge is 2.22. The summed E-state index contributed by atoms with van der Waals surface area (Å²) in [5.41, 5.74) is 6.97. The smallest absolute Gasteiger partial charge is 0.128 e. The average molecular weight is 973 g/mol. The Morgan fingerprint density at radius 3 is 0.811 bits per heavy atom. The van der Waals surface area contributed by atoms with Gasteiger partial charge in [-0.2, -0.15) is 0 Å². The molecule has 0 amide bonds. The Labute approximate surface area is 420 Å². The minimum atomic E-state index is -0.735. The van der Waals surface area contributed by atoms with E-state index >= 15 is 26.3 Å². The van der Waals surface area contributed by atoms with Crippen LogP contribution in [0.25, 0.3) is 86.9 Å². The monoisotopic (exact) mass is 972 g/mol. The van der Waals surface area contributed by atoms with Crippen molar-refractivity contribution >= 4 is 98.8 Å². The molecule has 354 valence electrons. The van der Waals surface area contributed by atoms with Crippen molar-refractivity contribution in [2.24, 2.45) is 0 Å². The molecule has 0 spiro atoms. The van der Waals surface area contributed by atoms with Crippen molar-refractivity contribution in [3.63, 3.8) is 0 Å². The lowest BCUT2D eigenvalue weighted by Gasteiger charge is -2.27. The van der Waals surface area contributed by atoms with E-state index in [9.17, 15) is 0 Å². The van der Waals surface area contributed by atoms with Gasteiger partial charge in [0, 0.05) is 34.9 Å². The molecule has 74 heavy (non-hydrogen) atoms. The van der Waals surface area contributed by atoms with Crippen LogP contribution in [0.4, 0.5) is 60.5 Å². The molecule has 0 saturated heterocycles. The first-order chi connectivity index (χ1) is 36.1. The van der Waals surface area contributed by atoms with Crippen molar-refractivity contribution in [3.05, 3.63) is 265 Å². The number of anilines is 6. The summed E-state index contributed by atoms with van der Waals surface area (Å²) in [4.78, 5) is 3.56. The quantitative estimate of drug-likeness (QED) is 0.0850. The lowest BCUT2D eigenvalue weighted by atomic mass is 9.88. The number of halogens is 6. The molecule has 13 aromatic carbocycles. The summed E-state index contributed by atoms with van der Waals surface area (Å²) in [6, 6.07) is 67.2. The van der Waals surface area contributed by atoms with E-state index in [0.717, 1.165) is 77.5 Å². The summed E-state index contributed by atoms with van der Waals surface area (Å²) < 4.78 is 91.5. The molecule has 8 heteroatoms. The zero-order chi connectivity index (χ0) is 50.2. The van der Waals surface area contributed by atoms with Crippen molar-refractivity contribution < 1.29 is 26.3 Å². The second-order valence-electron chi connectivity index (χ2n) is 18.5. The lowest BCUT2D eigenvalue weighted by Crippen LogP contribution is -2.10. The molecule has 0 heterocycles. The highest BCUT2D eigenvalue weighted by molar-refractivity contribution is 6.33. The minimum absolute atomic E-state index is 0.262. The fourth-order valence-corrected chi connectivity index (χ4v) is 10.8. The molecule has 0 aliphatic rings. The molecule has 0 N–H and O–H groups in total. The zero-order valence-electron chi connectivity index (χ0n) is 39.1. The fraction of sp³-hybridized carbons (Fsp3) is 0. The summed E-state index contributed by atoms with van der Waals surface area (Å²) in [5, 5.41) is 9.21. The van der Waals surface area contributed by atoms with E-state index in [1.165, 1.54) is 48.5 Å². The highest BCUT2D eigenvalue weighted by Crippen LogP contribution is 2.47. The Morgan fingerprint density at radius 2 is 0.459 bits per heavy atom. The first-order valence-electron chi connectivity index (χ1n) is 24.0. The van der Waals surface area contributed by atoms with Crippen molar-refractivity contribution in [2.75, 3.05) is 9.80 Å². The molecule has 0 unspecified atom stereocenters. The van der Waals surface area contributed by atoms with Crippen molar-refractivity contribution in [1.29, 1.82) is 0 Å². The van der Waals surface area contributed by atoms with Gasteiger partial charge in [0.1, 0.15) is 34.9 Å². The normalized spacial score (nSPS) is 11.6. The second-order valence-corrected chi connectivity index (χ2v) is 18.5. The molecule has 0 aliphatic carbocycles. The molecule has 0 saturated carbocycles. The first kappa shape index (κ1) is 44.5. The van der Waals surface area contributed by atoms with Crippen LogP contribution in [0.2, 0.25) is 0 Å². The molecule has 2 nitrogen and oxygen atoms in total. The predicted octanol–water partition coefficient (Wildman–Crippen LogP) is 19.7. The number of fused-ring (bicyclic) bond motifs is 12. The second kappa shape index (κ2) is 17.7. The van der Waals surface area contributed by atoms with E-state index in [2.05, 4.69) is 12.1 Å². The van der Waals surface area contributed by atoms with Crippen LogP contribution in [0, 0.1) is 34.9 Å². The average Bonchev–Trinajstić information content (AvgIpc) is 3.41. The number of hydrogen-bond acceptors (Lipinski definition) is 2. The molecule has 0 atom stereocenters. The van der Waals surface area contributed by atoms with Crippen molar-refractivity contribution in [2.45, 2.75) is 0 Å². The highest BCUT2D eigenvalue weighted by atomic mass is 19.2. The van der Waals surface area contributed by atoms with Crippen LogP contribution in [0.5, 0.6) is 0 Å². The first-order valence-corrected chi connectivity index (χ1v) is 24.0. The van der Waals surface area contributed by atoms with Gasteiger partial charge < -0.3 is 9.80 Å². The number of benzene rings is 13. The van der Waals surface area contributed by atoms with Gasteiger partial charge in [-0.15, -0.1) is 0 Å². The third-order valence-corrected chi connectivity index (χ3v) is 14.1. The standard InChI is InChI=1S/C66H38F6N2/c67-43-15-23-55-59(33-43)61-35-51(73(53-29-45(69)27-46(70)30-53)49-17-11-41(12-18-49)39-7-3-1-4-8-39)21-25-57(61)65-37-64-56-24-16-44(68)34-60(56)62-36-52(22-26-58(62)66(64)38-63(55)65)74(54-31-47(71)28-48(72)32-54)50-19-13-42(14-20-50)40-9-5-2-6-10-40/h1-38H. The van der Waals surface area contributed by atoms with E-state index in [-0.39, 0.29) is 11.4 Å². The molecule has 0 aliphatic heterocycles. The van der Waals surface area contributed by atoms with E-state index in [4.69, 9.17) is 0 Å². The molecule has 0 fully saturated rings. The number of rotatable bonds is 8. The van der Waals surface area contributed by atoms with Crippen LogP contribution in [-0.4, -0.2) is 0 Å². The van der Waals surface area contributed by atoms with Gasteiger partial charge in [0.25, 0.3) is 0 Å². The third-order valence-electron chi connectivity index (χ3n) is 14.1. The number of nitrogens with zero attached hydrogens (tertiary/aromatic N) is 2. The number of hydrogen-bond donors (Lipinski definition) is 0. The molecular formula is C66H38F6N2. The van der Waals surface area contributed by atoms with Gasteiger partial charge in [0.2, 0.25) is 0 Å².